The number of hydrogen-bond acceptors (Lipinski definition) is 5. The zero-order chi connectivity index (χ0) is 14.3. The van der Waals surface area contributed by atoms with Crippen LogP contribution in [0.15, 0.2) is 36.8 Å². The monoisotopic (exact) mass is 283 g/mol. The van der Waals surface area contributed by atoms with Crippen molar-refractivity contribution in [1.29, 1.82) is 0 Å². The largest absolute Gasteiger partial charge is 0.367 e. The summed E-state index contributed by atoms with van der Waals surface area (Å²) in [5.74, 6) is 1.57. The number of anilines is 2. The van der Waals surface area contributed by atoms with Crippen molar-refractivity contribution in [2.24, 2.45) is 0 Å². The molecule has 0 amide bonds. The fraction of sp³-hybridized carbons (Fsp3) is 0.438. The van der Waals surface area contributed by atoms with E-state index < -0.39 is 0 Å². The molecule has 1 aliphatic carbocycles. The Balaban J connectivity index is 1.57. The molecule has 2 aromatic heterocycles. The molecule has 0 aliphatic heterocycles. The summed E-state index contributed by atoms with van der Waals surface area (Å²) in [6.45, 7) is 0.704. The first-order valence-electron chi connectivity index (χ1n) is 7.62. The first-order valence-corrected chi connectivity index (χ1v) is 7.62. The molecule has 2 N–H and O–H groups in total. The summed E-state index contributed by atoms with van der Waals surface area (Å²) in [5, 5.41) is 6.77. The Morgan fingerprint density at radius 3 is 2.62 bits per heavy atom. The predicted octanol–water partition coefficient (Wildman–Crippen LogP) is 3.23. The molecule has 21 heavy (non-hydrogen) atoms. The van der Waals surface area contributed by atoms with E-state index in [-0.39, 0.29) is 0 Å². The summed E-state index contributed by atoms with van der Waals surface area (Å²) in [6, 6.07) is 6.46. The molecule has 110 valence electrons. The van der Waals surface area contributed by atoms with Gasteiger partial charge in [0, 0.05) is 31.2 Å². The second-order valence-electron chi connectivity index (χ2n) is 5.45. The second kappa shape index (κ2) is 7.02. The van der Waals surface area contributed by atoms with Crippen molar-refractivity contribution in [2.75, 3.05) is 10.6 Å². The average molecular weight is 283 g/mol. The van der Waals surface area contributed by atoms with Gasteiger partial charge in [-0.25, -0.2) is 4.98 Å². The molecule has 0 saturated heterocycles. The summed E-state index contributed by atoms with van der Waals surface area (Å²) in [6.07, 6.45) is 11.9. The van der Waals surface area contributed by atoms with E-state index in [9.17, 15) is 0 Å². The van der Waals surface area contributed by atoms with Gasteiger partial charge in [-0.1, -0.05) is 19.3 Å². The minimum Gasteiger partial charge on any atom is -0.367 e. The van der Waals surface area contributed by atoms with E-state index in [2.05, 4.69) is 25.6 Å². The van der Waals surface area contributed by atoms with Gasteiger partial charge < -0.3 is 10.6 Å². The molecule has 5 heteroatoms. The zero-order valence-electron chi connectivity index (χ0n) is 12.1. The Hall–Kier alpha value is -2.17. The maximum atomic E-state index is 4.53. The molecule has 1 fully saturated rings. The molecule has 0 bridgehead atoms. The van der Waals surface area contributed by atoms with Crippen molar-refractivity contribution < 1.29 is 0 Å². The Morgan fingerprint density at radius 2 is 1.81 bits per heavy atom. The second-order valence-corrected chi connectivity index (χ2v) is 5.45. The molecule has 0 radical (unpaired) electrons. The van der Waals surface area contributed by atoms with Gasteiger partial charge in [0.15, 0.2) is 0 Å². The van der Waals surface area contributed by atoms with Crippen molar-refractivity contribution in [1.82, 2.24) is 15.0 Å². The molecule has 2 aromatic rings. The maximum absolute atomic E-state index is 4.53. The minimum atomic E-state index is 0.557. The van der Waals surface area contributed by atoms with Crippen LogP contribution in [-0.4, -0.2) is 21.0 Å². The van der Waals surface area contributed by atoms with Crippen LogP contribution in [0.4, 0.5) is 11.8 Å². The lowest BCUT2D eigenvalue weighted by molar-refractivity contribution is 0.462. The topological polar surface area (TPSA) is 62.7 Å². The van der Waals surface area contributed by atoms with Crippen molar-refractivity contribution in [3.05, 3.63) is 42.4 Å². The molecular formula is C16H21N5. The van der Waals surface area contributed by atoms with Gasteiger partial charge in [0.25, 0.3) is 0 Å². The van der Waals surface area contributed by atoms with E-state index in [1.807, 2.05) is 18.2 Å². The SMILES string of the molecule is c1cc(CNc2nccc(NC3CCCCC3)n2)ccn1. The highest BCUT2D eigenvalue weighted by Crippen LogP contribution is 2.21. The molecule has 0 atom stereocenters. The van der Waals surface area contributed by atoms with E-state index in [4.69, 9.17) is 0 Å². The minimum absolute atomic E-state index is 0.557. The summed E-state index contributed by atoms with van der Waals surface area (Å²) in [4.78, 5) is 12.8. The highest BCUT2D eigenvalue weighted by molar-refractivity contribution is 5.40. The predicted molar refractivity (Wildman–Crippen MR) is 84.1 cm³/mol. The number of rotatable bonds is 5. The molecule has 0 spiro atoms. The molecule has 2 heterocycles. The van der Waals surface area contributed by atoms with E-state index in [1.54, 1.807) is 18.6 Å². The number of pyridine rings is 1. The van der Waals surface area contributed by atoms with Crippen LogP contribution in [0.3, 0.4) is 0 Å². The molecule has 3 rings (SSSR count). The maximum Gasteiger partial charge on any atom is 0.224 e. The Bertz CT molecular complexity index is 552. The third-order valence-corrected chi connectivity index (χ3v) is 3.81. The molecule has 5 nitrogen and oxygen atoms in total. The average Bonchev–Trinajstić information content (AvgIpc) is 2.55. The Kier molecular flexibility index (Phi) is 4.61. The third-order valence-electron chi connectivity index (χ3n) is 3.81. The third kappa shape index (κ3) is 4.15. The van der Waals surface area contributed by atoms with Crippen LogP contribution in [0.5, 0.6) is 0 Å². The number of nitrogens with zero attached hydrogens (tertiary/aromatic N) is 3. The van der Waals surface area contributed by atoms with Crippen LogP contribution in [0.2, 0.25) is 0 Å². The summed E-state index contributed by atoms with van der Waals surface area (Å²) >= 11 is 0. The van der Waals surface area contributed by atoms with Crippen molar-refractivity contribution >= 4 is 11.8 Å². The van der Waals surface area contributed by atoms with Crippen molar-refractivity contribution in [3.8, 4) is 0 Å². The van der Waals surface area contributed by atoms with Gasteiger partial charge >= 0.3 is 0 Å². The van der Waals surface area contributed by atoms with E-state index in [0.29, 0.717) is 18.5 Å². The fourth-order valence-corrected chi connectivity index (χ4v) is 2.66. The first-order chi connectivity index (χ1) is 10.4. The van der Waals surface area contributed by atoms with Gasteiger partial charge in [-0.05, 0) is 36.6 Å². The van der Waals surface area contributed by atoms with Gasteiger partial charge in [0.05, 0.1) is 0 Å². The van der Waals surface area contributed by atoms with Crippen molar-refractivity contribution in [2.45, 2.75) is 44.7 Å². The highest BCUT2D eigenvalue weighted by atomic mass is 15.1. The standard InChI is InChI=1S/C16H21N5/c1-2-4-14(5-3-1)20-15-8-11-18-16(21-15)19-12-13-6-9-17-10-7-13/h6-11,14H,1-5,12H2,(H2,18,19,20,21). The molecular weight excluding hydrogens is 262 g/mol. The molecule has 1 aliphatic rings. The summed E-state index contributed by atoms with van der Waals surface area (Å²) in [5.41, 5.74) is 1.17. The lowest BCUT2D eigenvalue weighted by atomic mass is 9.95. The summed E-state index contributed by atoms with van der Waals surface area (Å²) < 4.78 is 0. The van der Waals surface area contributed by atoms with Gasteiger partial charge in [-0.15, -0.1) is 0 Å². The number of nitrogens with one attached hydrogen (secondary N) is 2. The Morgan fingerprint density at radius 1 is 1.00 bits per heavy atom. The molecule has 0 unspecified atom stereocenters. The number of aromatic nitrogens is 3. The van der Waals surface area contributed by atoms with Crippen LogP contribution in [0, 0.1) is 0 Å². The molecule has 0 aromatic carbocycles. The van der Waals surface area contributed by atoms with Crippen LogP contribution in [-0.2, 0) is 6.54 Å². The van der Waals surface area contributed by atoms with Crippen LogP contribution in [0.25, 0.3) is 0 Å². The number of hydrogen-bond donors (Lipinski definition) is 2. The van der Waals surface area contributed by atoms with Gasteiger partial charge in [0.1, 0.15) is 5.82 Å². The lowest BCUT2D eigenvalue weighted by Gasteiger charge is -2.23. The summed E-state index contributed by atoms with van der Waals surface area (Å²) in [7, 11) is 0. The Labute approximate surface area is 125 Å². The van der Waals surface area contributed by atoms with E-state index in [1.165, 1.54) is 37.7 Å². The smallest absolute Gasteiger partial charge is 0.224 e. The fourth-order valence-electron chi connectivity index (χ4n) is 2.66. The van der Waals surface area contributed by atoms with Gasteiger partial charge in [0.2, 0.25) is 5.95 Å². The zero-order valence-corrected chi connectivity index (χ0v) is 12.1. The normalized spacial score (nSPS) is 15.6. The van der Waals surface area contributed by atoms with Crippen LogP contribution in [0.1, 0.15) is 37.7 Å². The van der Waals surface area contributed by atoms with Gasteiger partial charge in [-0.2, -0.15) is 4.98 Å². The van der Waals surface area contributed by atoms with E-state index >= 15 is 0 Å². The van der Waals surface area contributed by atoms with Crippen molar-refractivity contribution in [3.63, 3.8) is 0 Å². The lowest BCUT2D eigenvalue weighted by Crippen LogP contribution is -2.23. The first kappa shape index (κ1) is 13.8. The van der Waals surface area contributed by atoms with Gasteiger partial charge in [-0.3, -0.25) is 4.98 Å². The highest BCUT2D eigenvalue weighted by Gasteiger charge is 2.13. The van der Waals surface area contributed by atoms with E-state index in [0.717, 1.165) is 5.82 Å². The van der Waals surface area contributed by atoms with Crippen LogP contribution < -0.4 is 10.6 Å². The quantitative estimate of drug-likeness (QED) is 0.882. The van der Waals surface area contributed by atoms with Crippen LogP contribution >= 0.6 is 0 Å². The molecule has 1 saturated carbocycles.